The van der Waals surface area contributed by atoms with Crippen LogP contribution in [0.5, 0.6) is 0 Å². The minimum atomic E-state index is -4.72. The van der Waals surface area contributed by atoms with Crippen molar-refractivity contribution in [3.63, 3.8) is 0 Å². The van der Waals surface area contributed by atoms with Crippen molar-refractivity contribution in [2.45, 2.75) is 18.6 Å². The standard InChI is InChI=1S/C17H13ClF3NO3/c18-11-7-5-10(6-8-11)9-14(16(24)25)22-15(23)12-3-1-2-4-13(12)17(19,20)21/h1-8,14H,9H2,(H,22,23)(H,24,25)/t14-/m0/s1. The predicted octanol–water partition coefficient (Wildman–Crippen LogP) is 3.78. The summed E-state index contributed by atoms with van der Waals surface area (Å²) in [5.41, 5.74) is -1.18. The molecule has 0 heterocycles. The van der Waals surface area contributed by atoms with Crippen LogP contribution in [0, 0.1) is 0 Å². The average Bonchev–Trinajstić information content (AvgIpc) is 2.55. The SMILES string of the molecule is O=C(N[C@@H](Cc1ccc(Cl)cc1)C(=O)O)c1ccccc1C(F)(F)F. The molecule has 132 valence electrons. The van der Waals surface area contributed by atoms with Crippen molar-refractivity contribution in [2.75, 3.05) is 0 Å². The lowest BCUT2D eigenvalue weighted by Crippen LogP contribution is -2.42. The molecule has 0 saturated carbocycles. The van der Waals surface area contributed by atoms with Crippen LogP contribution < -0.4 is 5.32 Å². The molecule has 25 heavy (non-hydrogen) atoms. The van der Waals surface area contributed by atoms with Gasteiger partial charge in [0, 0.05) is 11.4 Å². The van der Waals surface area contributed by atoms with Crippen LogP contribution in [0.1, 0.15) is 21.5 Å². The lowest BCUT2D eigenvalue weighted by atomic mass is 10.0. The van der Waals surface area contributed by atoms with E-state index >= 15 is 0 Å². The van der Waals surface area contributed by atoms with Crippen LogP contribution in [-0.2, 0) is 17.4 Å². The maximum Gasteiger partial charge on any atom is 0.417 e. The Hall–Kier alpha value is -2.54. The summed E-state index contributed by atoms with van der Waals surface area (Å²) in [6.45, 7) is 0. The minimum absolute atomic E-state index is 0.0908. The molecule has 0 aliphatic heterocycles. The first-order valence-electron chi connectivity index (χ1n) is 7.13. The normalized spacial score (nSPS) is 12.5. The number of carboxylic acid groups (broad SMARTS) is 1. The monoisotopic (exact) mass is 371 g/mol. The maximum absolute atomic E-state index is 13.0. The van der Waals surface area contributed by atoms with Crippen LogP contribution in [0.15, 0.2) is 48.5 Å². The topological polar surface area (TPSA) is 66.4 Å². The molecule has 0 unspecified atom stereocenters. The summed E-state index contributed by atoms with van der Waals surface area (Å²) in [5, 5.41) is 11.8. The van der Waals surface area contributed by atoms with E-state index in [2.05, 4.69) is 5.32 Å². The molecule has 0 saturated heterocycles. The molecule has 1 atom stereocenters. The van der Waals surface area contributed by atoms with Gasteiger partial charge in [-0.25, -0.2) is 4.79 Å². The van der Waals surface area contributed by atoms with Gasteiger partial charge in [0.2, 0.25) is 0 Å². The molecule has 0 aliphatic rings. The highest BCUT2D eigenvalue weighted by Crippen LogP contribution is 2.31. The summed E-state index contributed by atoms with van der Waals surface area (Å²) < 4.78 is 38.9. The number of hydrogen-bond donors (Lipinski definition) is 2. The molecule has 2 rings (SSSR count). The fourth-order valence-electron chi connectivity index (χ4n) is 2.22. The molecule has 0 fully saturated rings. The Morgan fingerprint density at radius 2 is 1.68 bits per heavy atom. The Labute approximate surface area is 146 Å². The summed E-state index contributed by atoms with van der Waals surface area (Å²) in [6, 6.07) is 9.08. The molecule has 4 nitrogen and oxygen atoms in total. The van der Waals surface area contributed by atoms with Crippen molar-refractivity contribution in [1.29, 1.82) is 0 Å². The lowest BCUT2D eigenvalue weighted by Gasteiger charge is -2.17. The Balaban J connectivity index is 2.21. The average molecular weight is 372 g/mol. The van der Waals surface area contributed by atoms with Crippen molar-refractivity contribution in [3.8, 4) is 0 Å². The third kappa shape index (κ3) is 4.96. The van der Waals surface area contributed by atoms with E-state index in [4.69, 9.17) is 11.6 Å². The summed E-state index contributed by atoms with van der Waals surface area (Å²) in [5.74, 6) is -2.46. The van der Waals surface area contributed by atoms with E-state index in [1.54, 1.807) is 24.3 Å². The van der Waals surface area contributed by atoms with Crippen molar-refractivity contribution in [1.82, 2.24) is 5.32 Å². The van der Waals surface area contributed by atoms with Gasteiger partial charge in [-0.2, -0.15) is 13.2 Å². The van der Waals surface area contributed by atoms with Gasteiger partial charge in [-0.15, -0.1) is 0 Å². The quantitative estimate of drug-likeness (QED) is 0.840. The number of amides is 1. The molecule has 0 aliphatic carbocycles. The highest BCUT2D eigenvalue weighted by atomic mass is 35.5. The van der Waals surface area contributed by atoms with E-state index in [0.29, 0.717) is 10.6 Å². The van der Waals surface area contributed by atoms with Crippen molar-refractivity contribution in [3.05, 3.63) is 70.2 Å². The predicted molar refractivity (Wildman–Crippen MR) is 85.5 cm³/mol. The van der Waals surface area contributed by atoms with E-state index in [0.717, 1.165) is 18.2 Å². The minimum Gasteiger partial charge on any atom is -0.480 e. The van der Waals surface area contributed by atoms with Crippen LogP contribution in [0.3, 0.4) is 0 Å². The zero-order chi connectivity index (χ0) is 18.6. The van der Waals surface area contributed by atoms with Crippen LogP contribution in [0.25, 0.3) is 0 Å². The summed E-state index contributed by atoms with van der Waals surface area (Å²) in [7, 11) is 0. The first-order valence-corrected chi connectivity index (χ1v) is 7.50. The van der Waals surface area contributed by atoms with Gasteiger partial charge in [0.1, 0.15) is 6.04 Å². The van der Waals surface area contributed by atoms with Crippen LogP contribution in [0.4, 0.5) is 13.2 Å². The van der Waals surface area contributed by atoms with E-state index in [-0.39, 0.29) is 6.42 Å². The smallest absolute Gasteiger partial charge is 0.417 e. The molecule has 1 amide bonds. The molecule has 0 bridgehead atoms. The van der Waals surface area contributed by atoms with E-state index in [1.807, 2.05) is 0 Å². The van der Waals surface area contributed by atoms with Gasteiger partial charge < -0.3 is 10.4 Å². The fourth-order valence-corrected chi connectivity index (χ4v) is 2.35. The van der Waals surface area contributed by atoms with Crippen molar-refractivity contribution in [2.24, 2.45) is 0 Å². The maximum atomic E-state index is 13.0. The van der Waals surface area contributed by atoms with Gasteiger partial charge in [-0.05, 0) is 29.8 Å². The van der Waals surface area contributed by atoms with E-state index in [9.17, 15) is 27.9 Å². The number of rotatable bonds is 5. The number of aliphatic carboxylic acids is 1. The molecule has 2 N–H and O–H groups in total. The molecular formula is C17H13ClF3NO3. The largest absolute Gasteiger partial charge is 0.480 e. The number of hydrogen-bond acceptors (Lipinski definition) is 2. The van der Waals surface area contributed by atoms with E-state index < -0.39 is 35.2 Å². The van der Waals surface area contributed by atoms with Gasteiger partial charge in [-0.3, -0.25) is 4.79 Å². The first-order chi connectivity index (χ1) is 11.7. The van der Waals surface area contributed by atoms with Gasteiger partial charge in [0.15, 0.2) is 0 Å². The van der Waals surface area contributed by atoms with Crippen molar-refractivity contribution < 1.29 is 27.9 Å². The summed E-state index contributed by atoms with van der Waals surface area (Å²) in [4.78, 5) is 23.5. The third-order valence-corrected chi connectivity index (χ3v) is 3.69. The van der Waals surface area contributed by atoms with Crippen molar-refractivity contribution >= 4 is 23.5 Å². The highest BCUT2D eigenvalue weighted by molar-refractivity contribution is 6.30. The molecule has 0 aromatic heterocycles. The van der Waals surface area contributed by atoms with Crippen LogP contribution >= 0.6 is 11.6 Å². The number of alkyl halides is 3. The first kappa shape index (κ1) is 18.8. The highest BCUT2D eigenvalue weighted by Gasteiger charge is 2.35. The number of nitrogens with one attached hydrogen (secondary N) is 1. The zero-order valence-corrected chi connectivity index (χ0v) is 13.4. The number of carboxylic acids is 1. The number of benzene rings is 2. The Bertz CT molecular complexity index is 775. The number of halogens is 4. The number of carbonyl (C=O) groups is 2. The molecule has 0 spiro atoms. The summed E-state index contributed by atoms with van der Waals surface area (Å²) in [6.07, 6.45) is -4.81. The van der Waals surface area contributed by atoms with Gasteiger partial charge >= 0.3 is 12.1 Å². The van der Waals surface area contributed by atoms with E-state index in [1.165, 1.54) is 6.07 Å². The molecule has 0 radical (unpaired) electrons. The molecular weight excluding hydrogens is 359 g/mol. The van der Waals surface area contributed by atoms with Crippen LogP contribution in [0.2, 0.25) is 5.02 Å². The van der Waals surface area contributed by atoms with Crippen LogP contribution in [-0.4, -0.2) is 23.0 Å². The second kappa shape index (κ2) is 7.57. The van der Waals surface area contributed by atoms with Gasteiger partial charge in [0.05, 0.1) is 11.1 Å². The molecule has 2 aromatic rings. The Morgan fingerprint density at radius 1 is 1.08 bits per heavy atom. The molecule has 2 aromatic carbocycles. The van der Waals surface area contributed by atoms with Gasteiger partial charge in [0.25, 0.3) is 5.91 Å². The number of carbonyl (C=O) groups excluding carboxylic acids is 1. The zero-order valence-electron chi connectivity index (χ0n) is 12.7. The van der Waals surface area contributed by atoms with Gasteiger partial charge in [-0.1, -0.05) is 35.9 Å². The Morgan fingerprint density at radius 3 is 2.24 bits per heavy atom. The second-order valence-corrected chi connectivity index (χ2v) is 5.67. The fraction of sp³-hybridized carbons (Fsp3) is 0.176. The third-order valence-electron chi connectivity index (χ3n) is 3.43. The second-order valence-electron chi connectivity index (χ2n) is 5.24. The lowest BCUT2D eigenvalue weighted by molar-refractivity contribution is -0.139. The molecule has 8 heteroatoms. The Kier molecular flexibility index (Phi) is 5.69. The summed E-state index contributed by atoms with van der Waals surface area (Å²) >= 11 is 5.74.